The van der Waals surface area contributed by atoms with Crippen molar-refractivity contribution in [2.75, 3.05) is 5.32 Å². The molecule has 3 N–H and O–H groups in total. The predicted octanol–water partition coefficient (Wildman–Crippen LogP) is 4.00. The van der Waals surface area contributed by atoms with Gasteiger partial charge >= 0.3 is 11.8 Å². The smallest absolute Gasteiger partial charge is 0.313 e. The SMILES string of the molecule is O=C(Nc1c[nH]c2cc(F)c(F)cc12)C(=O)N[C@@H]1CCC2(CCCCC2)C1. The zero-order chi connectivity index (χ0) is 19.0. The maximum absolute atomic E-state index is 13.5. The molecule has 2 aromatic rings. The van der Waals surface area contributed by atoms with Crippen LogP contribution in [0.3, 0.4) is 0 Å². The average molecular weight is 375 g/mol. The molecule has 2 fully saturated rings. The number of hydrogen-bond acceptors (Lipinski definition) is 2. The summed E-state index contributed by atoms with van der Waals surface area (Å²) in [5.41, 5.74) is 0.935. The Morgan fingerprint density at radius 2 is 1.78 bits per heavy atom. The Hall–Kier alpha value is -2.44. The summed E-state index contributed by atoms with van der Waals surface area (Å²) in [6, 6.07) is 2.04. The summed E-state index contributed by atoms with van der Waals surface area (Å²) in [6.45, 7) is 0. The number of aromatic amines is 1. The fraction of sp³-hybridized carbons (Fsp3) is 0.500. The Balaban J connectivity index is 1.39. The Morgan fingerprint density at radius 3 is 2.56 bits per heavy atom. The van der Waals surface area contributed by atoms with Gasteiger partial charge in [0, 0.05) is 23.7 Å². The second-order valence-corrected chi connectivity index (χ2v) is 7.94. The lowest BCUT2D eigenvalue weighted by Gasteiger charge is -2.33. The number of fused-ring (bicyclic) bond motifs is 1. The van der Waals surface area contributed by atoms with E-state index in [4.69, 9.17) is 0 Å². The van der Waals surface area contributed by atoms with E-state index in [0.717, 1.165) is 31.4 Å². The van der Waals surface area contributed by atoms with E-state index in [1.807, 2.05) is 0 Å². The van der Waals surface area contributed by atoms with Crippen molar-refractivity contribution in [2.45, 2.75) is 57.4 Å². The summed E-state index contributed by atoms with van der Waals surface area (Å²) in [6.07, 6.45) is 10.6. The van der Waals surface area contributed by atoms with E-state index in [9.17, 15) is 18.4 Å². The van der Waals surface area contributed by atoms with Gasteiger partial charge in [0.05, 0.1) is 11.2 Å². The zero-order valence-electron chi connectivity index (χ0n) is 15.0. The highest BCUT2D eigenvalue weighted by atomic mass is 19.2. The lowest BCUT2D eigenvalue weighted by atomic mass is 9.73. The van der Waals surface area contributed by atoms with Crippen LogP contribution in [-0.4, -0.2) is 22.8 Å². The van der Waals surface area contributed by atoms with Crippen molar-refractivity contribution < 1.29 is 18.4 Å². The van der Waals surface area contributed by atoms with Crippen LogP contribution in [0.15, 0.2) is 18.3 Å². The summed E-state index contributed by atoms with van der Waals surface area (Å²) in [5, 5.41) is 5.64. The molecular weight excluding hydrogens is 352 g/mol. The number of H-pyrrole nitrogens is 1. The second-order valence-electron chi connectivity index (χ2n) is 7.94. The fourth-order valence-electron chi connectivity index (χ4n) is 4.74. The van der Waals surface area contributed by atoms with Crippen molar-refractivity contribution in [1.29, 1.82) is 0 Å². The summed E-state index contributed by atoms with van der Waals surface area (Å²) >= 11 is 0. The normalized spacial score (nSPS) is 21.5. The first kappa shape index (κ1) is 17.9. The summed E-state index contributed by atoms with van der Waals surface area (Å²) < 4.78 is 26.7. The van der Waals surface area contributed by atoms with E-state index >= 15 is 0 Å². The average Bonchev–Trinajstić information content (AvgIpc) is 3.20. The van der Waals surface area contributed by atoms with E-state index in [-0.39, 0.29) is 11.7 Å². The van der Waals surface area contributed by atoms with Gasteiger partial charge in [0.25, 0.3) is 0 Å². The first-order chi connectivity index (χ1) is 13.0. The van der Waals surface area contributed by atoms with Crippen LogP contribution in [0, 0.1) is 17.0 Å². The molecule has 2 aliphatic carbocycles. The van der Waals surface area contributed by atoms with Gasteiger partial charge in [-0.2, -0.15) is 0 Å². The highest BCUT2D eigenvalue weighted by Crippen LogP contribution is 2.48. The minimum Gasteiger partial charge on any atom is -0.359 e. The van der Waals surface area contributed by atoms with Gasteiger partial charge in [0.15, 0.2) is 11.6 Å². The van der Waals surface area contributed by atoms with Crippen LogP contribution < -0.4 is 10.6 Å². The van der Waals surface area contributed by atoms with E-state index in [1.54, 1.807) is 0 Å². The first-order valence-corrected chi connectivity index (χ1v) is 9.54. The van der Waals surface area contributed by atoms with Crippen molar-refractivity contribution in [3.05, 3.63) is 30.0 Å². The van der Waals surface area contributed by atoms with Gasteiger partial charge in [-0.1, -0.05) is 19.3 Å². The number of aromatic nitrogens is 1. The molecule has 0 unspecified atom stereocenters. The van der Waals surface area contributed by atoms with Gasteiger partial charge in [0.2, 0.25) is 0 Å². The highest BCUT2D eigenvalue weighted by molar-refractivity contribution is 6.40. The molecule has 1 heterocycles. The molecule has 5 nitrogen and oxygen atoms in total. The lowest BCUT2D eigenvalue weighted by Crippen LogP contribution is -2.41. The van der Waals surface area contributed by atoms with Crippen LogP contribution in [0.5, 0.6) is 0 Å². The van der Waals surface area contributed by atoms with Gasteiger partial charge in [-0.05, 0) is 43.6 Å². The van der Waals surface area contributed by atoms with Gasteiger partial charge < -0.3 is 15.6 Å². The summed E-state index contributed by atoms with van der Waals surface area (Å²) in [4.78, 5) is 27.3. The topological polar surface area (TPSA) is 74.0 Å². The molecule has 0 radical (unpaired) electrons. The number of hydrogen-bond donors (Lipinski definition) is 3. The largest absolute Gasteiger partial charge is 0.359 e. The molecular formula is C20H23F2N3O2. The molecule has 0 bridgehead atoms. The molecule has 27 heavy (non-hydrogen) atoms. The molecule has 7 heteroatoms. The Bertz CT molecular complexity index is 887. The molecule has 2 aliphatic rings. The minimum absolute atomic E-state index is 0.0239. The van der Waals surface area contributed by atoms with Crippen molar-refractivity contribution >= 4 is 28.4 Å². The minimum atomic E-state index is -1.01. The van der Waals surface area contributed by atoms with E-state index in [1.165, 1.54) is 38.3 Å². The van der Waals surface area contributed by atoms with Gasteiger partial charge in [-0.25, -0.2) is 8.78 Å². The number of carbonyl (C=O) groups excluding carboxylic acids is 2. The van der Waals surface area contributed by atoms with Crippen molar-refractivity contribution in [2.24, 2.45) is 5.41 Å². The van der Waals surface area contributed by atoms with Gasteiger partial charge in [-0.3, -0.25) is 9.59 Å². The Morgan fingerprint density at radius 1 is 1.04 bits per heavy atom. The van der Waals surface area contributed by atoms with Crippen LogP contribution in [0.2, 0.25) is 0 Å². The number of benzene rings is 1. The van der Waals surface area contributed by atoms with Crippen LogP contribution in [0.25, 0.3) is 10.9 Å². The molecule has 0 aliphatic heterocycles. The fourth-order valence-corrected chi connectivity index (χ4v) is 4.74. The molecule has 1 aromatic carbocycles. The van der Waals surface area contributed by atoms with Crippen molar-refractivity contribution in [3.8, 4) is 0 Å². The number of nitrogens with one attached hydrogen (secondary N) is 3. The molecule has 1 spiro atoms. The summed E-state index contributed by atoms with van der Waals surface area (Å²) in [7, 11) is 0. The number of amides is 2. The number of halogens is 2. The molecule has 1 atom stereocenters. The lowest BCUT2D eigenvalue weighted by molar-refractivity contribution is -0.136. The molecule has 144 valence electrons. The third kappa shape index (κ3) is 3.55. The number of anilines is 1. The van der Waals surface area contributed by atoms with Crippen LogP contribution in [-0.2, 0) is 9.59 Å². The molecule has 0 saturated heterocycles. The maximum Gasteiger partial charge on any atom is 0.313 e. The third-order valence-electron chi connectivity index (χ3n) is 6.13. The van der Waals surface area contributed by atoms with Crippen LogP contribution in [0.1, 0.15) is 51.4 Å². The Labute approximate surface area is 155 Å². The van der Waals surface area contributed by atoms with Gasteiger partial charge in [0.1, 0.15) is 0 Å². The van der Waals surface area contributed by atoms with Crippen LogP contribution >= 0.6 is 0 Å². The number of carbonyl (C=O) groups is 2. The molecule has 4 rings (SSSR count). The van der Waals surface area contributed by atoms with Gasteiger partial charge in [-0.15, -0.1) is 0 Å². The van der Waals surface area contributed by atoms with Crippen LogP contribution in [0.4, 0.5) is 14.5 Å². The second kappa shape index (κ2) is 6.94. The maximum atomic E-state index is 13.5. The van der Waals surface area contributed by atoms with E-state index in [0.29, 0.717) is 16.3 Å². The standard InChI is InChI=1S/C20H23F2N3O2/c21-14-8-13-16(9-15(14)22)23-11-17(13)25-19(27)18(26)24-12-4-7-20(10-12)5-2-1-3-6-20/h8-9,11-12,23H,1-7,10H2,(H,24,26)(H,25,27)/t12-/m1/s1. The summed E-state index contributed by atoms with van der Waals surface area (Å²) in [5.74, 6) is -3.47. The third-order valence-corrected chi connectivity index (χ3v) is 6.13. The molecule has 1 aromatic heterocycles. The molecule has 2 saturated carbocycles. The monoisotopic (exact) mass is 375 g/mol. The van der Waals surface area contributed by atoms with Crippen molar-refractivity contribution in [3.63, 3.8) is 0 Å². The zero-order valence-corrected chi connectivity index (χ0v) is 15.0. The van der Waals surface area contributed by atoms with E-state index < -0.39 is 23.4 Å². The Kier molecular flexibility index (Phi) is 4.61. The predicted molar refractivity (Wildman–Crippen MR) is 98.1 cm³/mol. The van der Waals surface area contributed by atoms with E-state index in [2.05, 4.69) is 15.6 Å². The van der Waals surface area contributed by atoms with Crippen molar-refractivity contribution in [1.82, 2.24) is 10.3 Å². The molecule has 2 amide bonds. The quantitative estimate of drug-likeness (QED) is 0.694. The first-order valence-electron chi connectivity index (χ1n) is 9.54. The highest BCUT2D eigenvalue weighted by Gasteiger charge is 2.40. The number of rotatable bonds is 2.